The van der Waals surface area contributed by atoms with Crippen LogP contribution in [0.2, 0.25) is 0 Å². The smallest absolute Gasteiger partial charge is 0.248 e. The molecular weight excluding hydrogens is 424 g/mol. The number of ether oxygens (including phenoxy) is 1. The number of nitrogens with two attached hydrogens (primary N) is 1. The number of piperidine rings is 1. The van der Waals surface area contributed by atoms with Crippen LogP contribution >= 0.6 is 0 Å². The van der Waals surface area contributed by atoms with Gasteiger partial charge in [0.1, 0.15) is 5.75 Å². The minimum atomic E-state index is -0.427. The monoisotopic (exact) mass is 456 g/mol. The van der Waals surface area contributed by atoms with Gasteiger partial charge in [-0.2, -0.15) is 5.26 Å². The number of aromatic amines is 1. The molecule has 3 aromatic rings. The van der Waals surface area contributed by atoms with E-state index in [2.05, 4.69) is 48.0 Å². The zero-order valence-corrected chi connectivity index (χ0v) is 20.3. The Kier molecular flexibility index (Phi) is 6.49. The number of rotatable bonds is 6. The summed E-state index contributed by atoms with van der Waals surface area (Å²) in [6.45, 7) is 7.79. The van der Waals surface area contributed by atoms with Gasteiger partial charge in [0.15, 0.2) is 0 Å². The predicted octanol–water partition coefficient (Wildman–Crippen LogP) is 5.40. The van der Waals surface area contributed by atoms with Crippen molar-refractivity contribution in [1.82, 2.24) is 9.88 Å². The number of aromatic nitrogens is 1. The third kappa shape index (κ3) is 4.57. The molecule has 1 unspecified atom stereocenters. The number of hydrogen-bond acceptors (Lipinski definition) is 4. The second-order valence-corrected chi connectivity index (χ2v) is 9.66. The fourth-order valence-corrected chi connectivity index (χ4v) is 5.29. The second-order valence-electron chi connectivity index (χ2n) is 9.66. The first-order chi connectivity index (χ1) is 16.2. The number of methoxy groups -OCH3 is 1. The van der Waals surface area contributed by atoms with Crippen LogP contribution in [0.25, 0.3) is 10.9 Å². The van der Waals surface area contributed by atoms with Gasteiger partial charge in [-0.3, -0.25) is 9.69 Å². The number of amides is 1. The normalized spacial score (nSPS) is 21.4. The minimum absolute atomic E-state index is 0.0931. The standard InChI is InChI=1S/C28H32N4O2/c1-18(16-29)14-28(3)10-12-32(24(15-28)20-5-7-21(8-6-20)27(30)33)17-23-22-9-11-31-26(22)19(2)13-25(23)34-4/h5-9,11,13-14,24,31H,10,12,15,17H2,1-4H3,(H2,30,33)/t24-,28?/m0/s1. The molecule has 1 fully saturated rings. The van der Waals surface area contributed by atoms with Crippen LogP contribution in [0, 0.1) is 23.7 Å². The Morgan fingerprint density at radius 2 is 2.09 bits per heavy atom. The number of primary amides is 1. The van der Waals surface area contributed by atoms with Crippen LogP contribution in [0.3, 0.4) is 0 Å². The Balaban J connectivity index is 1.74. The molecule has 2 heterocycles. The van der Waals surface area contributed by atoms with E-state index in [9.17, 15) is 10.1 Å². The summed E-state index contributed by atoms with van der Waals surface area (Å²) >= 11 is 0. The summed E-state index contributed by atoms with van der Waals surface area (Å²) in [6, 6.07) is 14.2. The van der Waals surface area contributed by atoms with Gasteiger partial charge in [0.05, 0.1) is 13.2 Å². The van der Waals surface area contributed by atoms with Crippen molar-refractivity contribution in [3.05, 3.63) is 76.5 Å². The molecule has 3 N–H and O–H groups in total. The molecule has 4 rings (SSSR count). The highest BCUT2D eigenvalue weighted by Crippen LogP contribution is 2.45. The van der Waals surface area contributed by atoms with Crippen molar-refractivity contribution in [3.8, 4) is 11.8 Å². The van der Waals surface area contributed by atoms with Crippen LogP contribution < -0.4 is 10.5 Å². The van der Waals surface area contributed by atoms with Crippen LogP contribution in [0.4, 0.5) is 0 Å². The van der Waals surface area contributed by atoms with E-state index >= 15 is 0 Å². The SMILES string of the molecule is COc1cc(C)c2[nH]ccc2c1CN1CCC(C)(C=C(C)C#N)C[C@H]1c1ccc(C(N)=O)cc1. The van der Waals surface area contributed by atoms with Crippen LogP contribution in [0.1, 0.15) is 59.8 Å². The van der Waals surface area contributed by atoms with Gasteiger partial charge in [-0.15, -0.1) is 0 Å². The van der Waals surface area contributed by atoms with Crippen LogP contribution in [0.15, 0.2) is 54.2 Å². The average Bonchev–Trinajstić information content (AvgIpc) is 3.32. The largest absolute Gasteiger partial charge is 0.496 e. The molecular formula is C28H32N4O2. The lowest BCUT2D eigenvalue weighted by Crippen LogP contribution is -2.40. The highest BCUT2D eigenvalue weighted by molar-refractivity contribution is 5.92. The second kappa shape index (κ2) is 9.36. The summed E-state index contributed by atoms with van der Waals surface area (Å²) in [7, 11) is 1.72. The molecule has 0 spiro atoms. The average molecular weight is 457 g/mol. The van der Waals surface area contributed by atoms with Gasteiger partial charge in [0, 0.05) is 46.4 Å². The first kappa shape index (κ1) is 23.6. The van der Waals surface area contributed by atoms with Gasteiger partial charge in [-0.05, 0) is 74.0 Å². The van der Waals surface area contributed by atoms with Gasteiger partial charge in [-0.1, -0.05) is 25.1 Å². The Labute approximate surface area is 201 Å². The zero-order chi connectivity index (χ0) is 24.5. The van der Waals surface area contributed by atoms with Gasteiger partial charge in [0.25, 0.3) is 0 Å². The Bertz CT molecular complexity index is 1280. The molecule has 1 aliphatic heterocycles. The van der Waals surface area contributed by atoms with Crippen molar-refractivity contribution in [2.75, 3.05) is 13.7 Å². The van der Waals surface area contributed by atoms with Crippen molar-refractivity contribution in [2.45, 2.75) is 46.2 Å². The van der Waals surface area contributed by atoms with Crippen molar-refractivity contribution >= 4 is 16.8 Å². The number of benzene rings is 2. The molecule has 6 nitrogen and oxygen atoms in total. The maximum atomic E-state index is 11.6. The van der Waals surface area contributed by atoms with Crippen molar-refractivity contribution in [2.24, 2.45) is 11.1 Å². The number of likely N-dealkylation sites (tertiary alicyclic amines) is 1. The minimum Gasteiger partial charge on any atom is -0.496 e. The number of nitriles is 1. The lowest BCUT2D eigenvalue weighted by molar-refractivity contribution is 0.0778. The topological polar surface area (TPSA) is 95.1 Å². The molecule has 2 atom stereocenters. The highest BCUT2D eigenvalue weighted by Gasteiger charge is 2.36. The molecule has 176 valence electrons. The zero-order valence-electron chi connectivity index (χ0n) is 20.3. The Morgan fingerprint density at radius 1 is 1.35 bits per heavy atom. The van der Waals surface area contributed by atoms with Crippen LogP contribution in [-0.4, -0.2) is 29.4 Å². The van der Waals surface area contributed by atoms with E-state index in [1.807, 2.05) is 25.3 Å². The predicted molar refractivity (Wildman–Crippen MR) is 134 cm³/mol. The van der Waals surface area contributed by atoms with E-state index < -0.39 is 5.91 Å². The lowest BCUT2D eigenvalue weighted by Gasteiger charge is -2.44. The Hall–Kier alpha value is -3.56. The Morgan fingerprint density at radius 3 is 2.74 bits per heavy atom. The number of H-pyrrole nitrogens is 1. The molecule has 1 aliphatic rings. The molecule has 0 aliphatic carbocycles. The molecule has 0 saturated carbocycles. The molecule has 0 radical (unpaired) electrons. The number of hydrogen-bond donors (Lipinski definition) is 2. The number of aryl methyl sites for hydroxylation is 1. The maximum absolute atomic E-state index is 11.6. The van der Waals surface area contributed by atoms with E-state index in [0.29, 0.717) is 5.56 Å². The first-order valence-corrected chi connectivity index (χ1v) is 11.6. The molecule has 0 bridgehead atoms. The molecule has 6 heteroatoms. The van der Waals surface area contributed by atoms with Crippen LogP contribution in [-0.2, 0) is 6.54 Å². The number of nitrogens with zero attached hydrogens (tertiary/aromatic N) is 2. The summed E-state index contributed by atoms with van der Waals surface area (Å²) < 4.78 is 5.80. The van der Waals surface area contributed by atoms with E-state index in [1.54, 1.807) is 19.2 Å². The van der Waals surface area contributed by atoms with Gasteiger partial charge < -0.3 is 15.5 Å². The summed E-state index contributed by atoms with van der Waals surface area (Å²) in [6.07, 6.45) is 5.91. The molecule has 1 saturated heterocycles. The van der Waals surface area contributed by atoms with E-state index in [0.717, 1.165) is 59.5 Å². The summed E-state index contributed by atoms with van der Waals surface area (Å²) in [5.41, 5.74) is 11.2. The summed E-state index contributed by atoms with van der Waals surface area (Å²) in [5, 5.41) is 10.5. The molecule has 34 heavy (non-hydrogen) atoms. The van der Waals surface area contributed by atoms with E-state index in [-0.39, 0.29) is 11.5 Å². The van der Waals surface area contributed by atoms with Gasteiger partial charge >= 0.3 is 0 Å². The number of carbonyl (C=O) groups is 1. The number of allylic oxidation sites excluding steroid dienone is 2. The van der Waals surface area contributed by atoms with Crippen LogP contribution in [0.5, 0.6) is 5.75 Å². The number of carbonyl (C=O) groups excluding carboxylic acids is 1. The fourth-order valence-electron chi connectivity index (χ4n) is 5.29. The van der Waals surface area contributed by atoms with Crippen molar-refractivity contribution in [1.29, 1.82) is 5.26 Å². The van der Waals surface area contributed by atoms with Gasteiger partial charge in [0.2, 0.25) is 5.91 Å². The van der Waals surface area contributed by atoms with Crippen molar-refractivity contribution < 1.29 is 9.53 Å². The molecule has 1 aromatic heterocycles. The summed E-state index contributed by atoms with van der Waals surface area (Å²) in [5.74, 6) is 0.463. The third-order valence-electron chi connectivity index (χ3n) is 7.08. The van der Waals surface area contributed by atoms with Crippen molar-refractivity contribution in [3.63, 3.8) is 0 Å². The number of nitrogens with one attached hydrogen (secondary N) is 1. The molecule has 2 aromatic carbocycles. The fraction of sp³-hybridized carbons (Fsp3) is 0.357. The highest BCUT2D eigenvalue weighted by atomic mass is 16.5. The van der Waals surface area contributed by atoms with Gasteiger partial charge in [-0.25, -0.2) is 0 Å². The lowest BCUT2D eigenvalue weighted by atomic mass is 9.74. The third-order valence-corrected chi connectivity index (χ3v) is 7.08. The number of fused-ring (bicyclic) bond motifs is 1. The molecule has 1 amide bonds. The summed E-state index contributed by atoms with van der Waals surface area (Å²) in [4.78, 5) is 17.4. The maximum Gasteiger partial charge on any atom is 0.248 e. The quantitative estimate of drug-likeness (QED) is 0.486. The van der Waals surface area contributed by atoms with E-state index in [4.69, 9.17) is 10.5 Å². The first-order valence-electron chi connectivity index (χ1n) is 11.6. The van der Waals surface area contributed by atoms with E-state index in [1.165, 1.54) is 5.39 Å².